The highest BCUT2D eigenvalue weighted by atomic mass is 79.9. The minimum Gasteiger partial charge on any atom is -0.318 e. The lowest BCUT2D eigenvalue weighted by molar-refractivity contribution is 0.120. The normalized spacial score (nSPS) is 17.4. The third kappa shape index (κ3) is 3.65. The van der Waals surface area contributed by atoms with Gasteiger partial charge in [0.2, 0.25) is 0 Å². The standard InChI is InChI=1S/C14H18BrN5/c15-14-16-13(17-18-14)11-20-8-6-19(7-9-20)10-12-4-2-1-3-5-12/h1-5H,6-11H2,(H,16,17,18). The summed E-state index contributed by atoms with van der Waals surface area (Å²) in [5, 5.41) is 8.02. The second kappa shape index (κ2) is 6.47. The molecule has 0 amide bonds. The van der Waals surface area contributed by atoms with Crippen LogP contribution in [0.5, 0.6) is 0 Å². The summed E-state index contributed by atoms with van der Waals surface area (Å²) in [4.78, 5) is 8.03. The topological polar surface area (TPSA) is 48.1 Å². The lowest BCUT2D eigenvalue weighted by atomic mass is 10.2. The number of hydrogen-bond acceptors (Lipinski definition) is 4. The number of halogens is 1. The van der Waals surface area contributed by atoms with Crippen LogP contribution in [0.15, 0.2) is 35.1 Å². The first-order valence-electron chi connectivity index (χ1n) is 6.85. The maximum atomic E-state index is 4.09. The largest absolute Gasteiger partial charge is 0.318 e. The molecule has 2 aromatic rings. The van der Waals surface area contributed by atoms with Crippen LogP contribution >= 0.6 is 15.9 Å². The van der Waals surface area contributed by atoms with E-state index in [2.05, 4.69) is 71.2 Å². The molecule has 1 saturated heterocycles. The van der Waals surface area contributed by atoms with E-state index in [1.165, 1.54) is 5.56 Å². The molecule has 6 heteroatoms. The molecule has 5 nitrogen and oxygen atoms in total. The van der Waals surface area contributed by atoms with E-state index in [0.29, 0.717) is 4.73 Å². The fourth-order valence-electron chi connectivity index (χ4n) is 2.50. The summed E-state index contributed by atoms with van der Waals surface area (Å²) in [6, 6.07) is 10.7. The summed E-state index contributed by atoms with van der Waals surface area (Å²) in [6.45, 7) is 6.24. The third-order valence-electron chi connectivity index (χ3n) is 3.59. The minimum atomic E-state index is 0.704. The van der Waals surface area contributed by atoms with Gasteiger partial charge in [-0.15, -0.1) is 10.2 Å². The van der Waals surface area contributed by atoms with Crippen LogP contribution in [0.1, 0.15) is 11.4 Å². The van der Waals surface area contributed by atoms with Gasteiger partial charge in [-0.05, 0) is 21.5 Å². The van der Waals surface area contributed by atoms with Crippen LogP contribution in [0, 0.1) is 0 Å². The average Bonchev–Trinajstić information content (AvgIpc) is 2.88. The first-order valence-corrected chi connectivity index (χ1v) is 7.64. The molecule has 0 aliphatic carbocycles. The van der Waals surface area contributed by atoms with Gasteiger partial charge in [-0.3, -0.25) is 9.80 Å². The van der Waals surface area contributed by atoms with Gasteiger partial charge >= 0.3 is 0 Å². The molecule has 20 heavy (non-hydrogen) atoms. The molecule has 1 aromatic carbocycles. The van der Waals surface area contributed by atoms with Crippen LogP contribution in [0.3, 0.4) is 0 Å². The first-order chi connectivity index (χ1) is 9.79. The second-order valence-electron chi connectivity index (χ2n) is 5.10. The van der Waals surface area contributed by atoms with Gasteiger partial charge in [-0.25, -0.2) is 0 Å². The predicted octanol–water partition coefficient (Wildman–Crippen LogP) is 1.89. The van der Waals surface area contributed by atoms with Gasteiger partial charge < -0.3 is 4.98 Å². The molecule has 1 aliphatic heterocycles. The highest BCUT2D eigenvalue weighted by molar-refractivity contribution is 9.10. The monoisotopic (exact) mass is 335 g/mol. The molecule has 3 rings (SSSR count). The van der Waals surface area contributed by atoms with Gasteiger partial charge in [0, 0.05) is 32.7 Å². The maximum Gasteiger partial charge on any atom is 0.197 e. The van der Waals surface area contributed by atoms with Crippen LogP contribution in [-0.4, -0.2) is 51.2 Å². The van der Waals surface area contributed by atoms with Crippen molar-refractivity contribution in [1.29, 1.82) is 0 Å². The van der Waals surface area contributed by atoms with Crippen LogP contribution in [-0.2, 0) is 13.1 Å². The van der Waals surface area contributed by atoms with Crippen molar-refractivity contribution in [3.8, 4) is 0 Å². The summed E-state index contributed by atoms with van der Waals surface area (Å²) in [5.41, 5.74) is 1.39. The summed E-state index contributed by atoms with van der Waals surface area (Å²) in [7, 11) is 0. The quantitative estimate of drug-likeness (QED) is 0.926. The molecule has 1 N–H and O–H groups in total. The SMILES string of the molecule is Brc1nnc(CN2CCN(Cc3ccccc3)CC2)[nH]1. The van der Waals surface area contributed by atoms with Crippen LogP contribution in [0.2, 0.25) is 0 Å². The zero-order valence-corrected chi connectivity index (χ0v) is 12.9. The van der Waals surface area contributed by atoms with Crippen LogP contribution < -0.4 is 0 Å². The van der Waals surface area contributed by atoms with E-state index in [9.17, 15) is 0 Å². The summed E-state index contributed by atoms with van der Waals surface area (Å²) >= 11 is 3.29. The number of nitrogens with one attached hydrogen (secondary N) is 1. The number of aromatic nitrogens is 3. The van der Waals surface area contributed by atoms with E-state index in [-0.39, 0.29) is 0 Å². The Balaban J connectivity index is 1.47. The number of nitrogens with zero attached hydrogens (tertiary/aromatic N) is 4. The van der Waals surface area contributed by atoms with Gasteiger partial charge in [-0.1, -0.05) is 30.3 Å². The van der Waals surface area contributed by atoms with Crippen molar-refractivity contribution in [3.63, 3.8) is 0 Å². The lowest BCUT2D eigenvalue weighted by Gasteiger charge is -2.34. The zero-order valence-electron chi connectivity index (χ0n) is 11.3. The minimum absolute atomic E-state index is 0.704. The molecule has 106 valence electrons. The molecule has 0 bridgehead atoms. The molecule has 0 atom stereocenters. The van der Waals surface area contributed by atoms with Crippen molar-refractivity contribution < 1.29 is 0 Å². The van der Waals surface area contributed by atoms with E-state index in [0.717, 1.165) is 45.1 Å². The van der Waals surface area contributed by atoms with Crippen molar-refractivity contribution in [1.82, 2.24) is 25.0 Å². The molecule has 0 radical (unpaired) electrons. The maximum absolute atomic E-state index is 4.09. The Morgan fingerprint density at radius 2 is 1.60 bits per heavy atom. The van der Waals surface area contributed by atoms with E-state index < -0.39 is 0 Å². The number of benzene rings is 1. The Kier molecular flexibility index (Phi) is 4.44. The number of piperazine rings is 1. The molecule has 0 unspecified atom stereocenters. The van der Waals surface area contributed by atoms with E-state index in [1.54, 1.807) is 0 Å². The molecular weight excluding hydrogens is 318 g/mol. The molecule has 0 spiro atoms. The molecule has 1 aliphatic rings. The molecule has 1 aromatic heterocycles. The van der Waals surface area contributed by atoms with E-state index >= 15 is 0 Å². The smallest absolute Gasteiger partial charge is 0.197 e. The summed E-state index contributed by atoms with van der Waals surface area (Å²) < 4.78 is 0.704. The van der Waals surface area contributed by atoms with Crippen molar-refractivity contribution in [3.05, 3.63) is 46.5 Å². The van der Waals surface area contributed by atoms with Crippen molar-refractivity contribution in [2.75, 3.05) is 26.2 Å². The summed E-state index contributed by atoms with van der Waals surface area (Å²) in [5.74, 6) is 0.924. The molecular formula is C14H18BrN5. The summed E-state index contributed by atoms with van der Waals surface area (Å²) in [6.07, 6.45) is 0. The van der Waals surface area contributed by atoms with Crippen molar-refractivity contribution in [2.45, 2.75) is 13.1 Å². The third-order valence-corrected chi connectivity index (χ3v) is 3.95. The Labute approximate surface area is 127 Å². The number of rotatable bonds is 4. The molecule has 1 fully saturated rings. The Hall–Kier alpha value is -1.24. The average molecular weight is 336 g/mol. The van der Waals surface area contributed by atoms with Gasteiger partial charge in [-0.2, -0.15) is 0 Å². The predicted molar refractivity (Wildman–Crippen MR) is 81.1 cm³/mol. The lowest BCUT2D eigenvalue weighted by Crippen LogP contribution is -2.45. The number of H-pyrrole nitrogens is 1. The van der Waals surface area contributed by atoms with Gasteiger partial charge in [0.25, 0.3) is 0 Å². The zero-order chi connectivity index (χ0) is 13.8. The molecule has 2 heterocycles. The molecule has 0 saturated carbocycles. The van der Waals surface area contributed by atoms with Crippen molar-refractivity contribution >= 4 is 15.9 Å². The van der Waals surface area contributed by atoms with Crippen LogP contribution in [0.4, 0.5) is 0 Å². The Morgan fingerprint density at radius 3 is 2.20 bits per heavy atom. The van der Waals surface area contributed by atoms with Crippen LogP contribution in [0.25, 0.3) is 0 Å². The fourth-order valence-corrected chi connectivity index (χ4v) is 2.81. The Morgan fingerprint density at radius 1 is 0.950 bits per heavy atom. The highest BCUT2D eigenvalue weighted by Gasteiger charge is 2.18. The van der Waals surface area contributed by atoms with Crippen molar-refractivity contribution in [2.24, 2.45) is 0 Å². The fraction of sp³-hybridized carbons (Fsp3) is 0.429. The highest BCUT2D eigenvalue weighted by Crippen LogP contribution is 2.10. The number of aromatic amines is 1. The van der Waals surface area contributed by atoms with Gasteiger partial charge in [0.15, 0.2) is 4.73 Å². The van der Waals surface area contributed by atoms with E-state index in [4.69, 9.17) is 0 Å². The van der Waals surface area contributed by atoms with Gasteiger partial charge in [0.1, 0.15) is 5.82 Å². The van der Waals surface area contributed by atoms with E-state index in [1.807, 2.05) is 0 Å². The second-order valence-corrected chi connectivity index (χ2v) is 5.85. The Bertz CT molecular complexity index is 534. The number of hydrogen-bond donors (Lipinski definition) is 1. The first kappa shape index (κ1) is 13.7. The van der Waals surface area contributed by atoms with Gasteiger partial charge in [0.05, 0.1) is 6.54 Å².